The molecule has 4 N–H and O–H groups in total. The molecule has 47 heavy (non-hydrogen) atoms. The summed E-state index contributed by atoms with van der Waals surface area (Å²) in [4.78, 5) is 49.9. The summed E-state index contributed by atoms with van der Waals surface area (Å²) < 4.78 is 33.9. The molecule has 2 unspecified atom stereocenters. The van der Waals surface area contributed by atoms with E-state index >= 15 is 0 Å². The summed E-state index contributed by atoms with van der Waals surface area (Å²) in [5, 5.41) is 19.4. The van der Waals surface area contributed by atoms with Crippen LogP contribution in [0.2, 0.25) is 0 Å². The molecule has 1 spiro atoms. The first-order valence-electron chi connectivity index (χ1n) is 14.9. The smallest absolute Gasteiger partial charge is 0.410 e. The zero-order chi connectivity index (χ0) is 33.6. The molecule has 0 bridgehead atoms. The van der Waals surface area contributed by atoms with Crippen molar-refractivity contribution in [2.75, 3.05) is 25.0 Å². The van der Waals surface area contributed by atoms with Crippen molar-refractivity contribution < 1.29 is 37.5 Å². The molecular weight excluding hydrogens is 628 g/mol. The number of hydrogen-bond donors (Lipinski definition) is 4. The van der Waals surface area contributed by atoms with E-state index in [2.05, 4.69) is 25.5 Å². The fourth-order valence-corrected chi connectivity index (χ4v) is 7.38. The van der Waals surface area contributed by atoms with Crippen LogP contribution in [-0.4, -0.2) is 84.4 Å². The molecule has 15 heteroatoms. The summed E-state index contributed by atoms with van der Waals surface area (Å²) in [6.45, 7) is 3.16. The Kier molecular flexibility index (Phi) is 10.1. The summed E-state index contributed by atoms with van der Waals surface area (Å²) in [5.74, 6) is -1.56. The maximum atomic E-state index is 13.3. The van der Waals surface area contributed by atoms with Gasteiger partial charge in [-0.05, 0) is 42.7 Å². The highest BCUT2D eigenvalue weighted by Crippen LogP contribution is 2.38. The molecule has 0 saturated carbocycles. The summed E-state index contributed by atoms with van der Waals surface area (Å²) >= 11 is 0. The van der Waals surface area contributed by atoms with Crippen LogP contribution in [0.3, 0.4) is 0 Å². The first-order valence-corrected chi connectivity index (χ1v) is 16.4. The third-order valence-corrected chi connectivity index (χ3v) is 9.75. The number of anilines is 1. The van der Waals surface area contributed by atoms with Gasteiger partial charge in [-0.1, -0.05) is 59.8 Å². The quantitative estimate of drug-likeness (QED) is 0.224. The van der Waals surface area contributed by atoms with Crippen LogP contribution in [0, 0.1) is 13.8 Å². The van der Waals surface area contributed by atoms with E-state index in [4.69, 9.17) is 9.57 Å². The molecule has 2 amide bonds. The highest BCUT2D eigenvalue weighted by Gasteiger charge is 2.52. The number of oxime groups is 1. The zero-order valence-electron chi connectivity index (χ0n) is 25.9. The number of carbonyl (C=O) groups excluding carboxylic acids is 2. The van der Waals surface area contributed by atoms with E-state index in [1.165, 1.54) is 4.90 Å². The number of rotatable bonds is 12. The number of nitrogens with one attached hydrogen (secondary N) is 3. The highest BCUT2D eigenvalue weighted by atomic mass is 32.2. The van der Waals surface area contributed by atoms with Crippen LogP contribution in [-0.2, 0) is 35.8 Å². The van der Waals surface area contributed by atoms with Gasteiger partial charge in [0.2, 0.25) is 10.0 Å². The number of aliphatic carboxylic acids is 1. The minimum absolute atomic E-state index is 0.0114. The van der Waals surface area contributed by atoms with Gasteiger partial charge >= 0.3 is 12.1 Å². The molecule has 2 aromatic carbocycles. The Labute approximate surface area is 272 Å². The van der Waals surface area contributed by atoms with Crippen molar-refractivity contribution >= 4 is 39.5 Å². The molecule has 1 saturated heterocycles. The van der Waals surface area contributed by atoms with Gasteiger partial charge in [-0.15, -0.1) is 0 Å². The van der Waals surface area contributed by atoms with E-state index < -0.39 is 52.2 Å². The van der Waals surface area contributed by atoms with Gasteiger partial charge in [0.25, 0.3) is 5.91 Å². The number of aromatic nitrogens is 1. The van der Waals surface area contributed by atoms with Gasteiger partial charge in [0.05, 0.1) is 17.5 Å². The lowest BCUT2D eigenvalue weighted by atomic mass is 9.94. The van der Waals surface area contributed by atoms with Crippen LogP contribution < -0.4 is 15.4 Å². The molecule has 0 radical (unpaired) electrons. The summed E-state index contributed by atoms with van der Waals surface area (Å²) in [6, 6.07) is 17.6. The number of ether oxygens (including phenoxy) is 1. The highest BCUT2D eigenvalue weighted by molar-refractivity contribution is 7.89. The Hall–Kier alpha value is -5.02. The average molecular weight is 665 g/mol. The van der Waals surface area contributed by atoms with Crippen LogP contribution in [0.4, 0.5) is 10.6 Å². The number of carbonyl (C=O) groups is 3. The largest absolute Gasteiger partial charge is 0.480 e. The van der Waals surface area contributed by atoms with E-state index in [1.807, 2.05) is 36.4 Å². The molecule has 14 nitrogen and oxygen atoms in total. The number of amides is 2. The number of sulfonamides is 1. The fraction of sp³-hybridized carbons (Fsp3) is 0.344. The molecule has 3 atom stereocenters. The predicted molar refractivity (Wildman–Crippen MR) is 171 cm³/mol. The Morgan fingerprint density at radius 2 is 1.79 bits per heavy atom. The lowest BCUT2D eigenvalue weighted by Gasteiger charge is -2.24. The lowest BCUT2D eigenvalue weighted by Crippen LogP contribution is -2.49. The van der Waals surface area contributed by atoms with E-state index in [1.54, 1.807) is 50.4 Å². The Balaban J connectivity index is 1.22. The molecule has 0 aliphatic carbocycles. The number of pyridine rings is 1. The molecule has 2 aliphatic heterocycles. The van der Waals surface area contributed by atoms with Crippen molar-refractivity contribution in [3.63, 3.8) is 0 Å². The summed E-state index contributed by atoms with van der Waals surface area (Å²) in [6.07, 6.45) is 1.45. The van der Waals surface area contributed by atoms with Crippen molar-refractivity contribution in [3.8, 4) is 0 Å². The van der Waals surface area contributed by atoms with Crippen LogP contribution in [0.1, 0.15) is 29.5 Å². The Morgan fingerprint density at radius 1 is 1.06 bits per heavy atom. The molecule has 248 valence electrons. The molecular formula is C32H36N6O8S. The van der Waals surface area contributed by atoms with Gasteiger partial charge < -0.3 is 25.3 Å². The van der Waals surface area contributed by atoms with Crippen LogP contribution in [0.25, 0.3) is 0 Å². The van der Waals surface area contributed by atoms with Gasteiger partial charge in [-0.25, -0.2) is 18.2 Å². The number of nitrogens with zero attached hydrogens (tertiary/aromatic N) is 3. The van der Waals surface area contributed by atoms with Crippen molar-refractivity contribution in [1.82, 2.24) is 19.9 Å². The minimum atomic E-state index is -4.22. The maximum absolute atomic E-state index is 13.3. The molecule has 1 fully saturated rings. The van der Waals surface area contributed by atoms with Crippen molar-refractivity contribution in [3.05, 3.63) is 89.6 Å². The fourth-order valence-electron chi connectivity index (χ4n) is 5.71. The second kappa shape index (κ2) is 14.2. The van der Waals surface area contributed by atoms with Crippen LogP contribution >= 0.6 is 0 Å². The SMILES string of the molecule is Cc1cccc(C)c1S(=O)(=O)N[C@@H](CNC(=O)C1=NOC2(C1)CC(CNc1ccccn1)N(C(=O)OCc1ccccc1)C2)C(=O)O. The summed E-state index contributed by atoms with van der Waals surface area (Å²) in [7, 11) is -4.22. The second-order valence-corrected chi connectivity index (χ2v) is 13.2. The monoisotopic (exact) mass is 664 g/mol. The first kappa shape index (κ1) is 33.3. The average Bonchev–Trinajstić information content (AvgIpc) is 3.64. The standard InChI is InChI=1S/C32H36N6O8S/c1-21-9-8-10-22(2)28(21)47(43,44)37-26(30(40)41)18-35-29(39)25-16-32(46-36-25)15-24(17-34-27-13-6-7-14-33-27)38(20-32)31(42)45-19-23-11-4-3-5-12-23/h3-14,24,26,37H,15-20H2,1-2H3,(H,33,34)(H,35,39)(H,40,41)/t24?,26-,32?/m0/s1. The molecule has 3 heterocycles. The number of carboxylic acids is 1. The number of likely N-dealkylation sites (tertiary alicyclic amines) is 1. The number of carboxylic acid groups (broad SMARTS) is 1. The van der Waals surface area contributed by atoms with Crippen molar-refractivity contribution in [1.29, 1.82) is 0 Å². The van der Waals surface area contributed by atoms with Gasteiger partial charge in [-0.2, -0.15) is 4.72 Å². The maximum Gasteiger partial charge on any atom is 0.410 e. The molecule has 5 rings (SSSR count). The topological polar surface area (TPSA) is 189 Å². The Morgan fingerprint density at radius 3 is 2.47 bits per heavy atom. The third-order valence-electron chi connectivity index (χ3n) is 7.97. The second-order valence-electron chi connectivity index (χ2n) is 11.6. The van der Waals surface area contributed by atoms with Crippen molar-refractivity contribution in [2.45, 2.75) is 55.9 Å². The minimum Gasteiger partial charge on any atom is -0.480 e. The van der Waals surface area contributed by atoms with Crippen LogP contribution in [0.15, 0.2) is 83.0 Å². The van der Waals surface area contributed by atoms with Crippen molar-refractivity contribution in [2.24, 2.45) is 5.16 Å². The predicted octanol–water partition coefficient (Wildman–Crippen LogP) is 2.58. The molecule has 2 aliphatic rings. The van der Waals surface area contributed by atoms with E-state index in [0.29, 0.717) is 29.9 Å². The van der Waals surface area contributed by atoms with Gasteiger partial charge in [0.15, 0.2) is 5.60 Å². The first-order chi connectivity index (χ1) is 22.5. The Bertz CT molecular complexity index is 1740. The third kappa shape index (κ3) is 8.04. The summed E-state index contributed by atoms with van der Waals surface area (Å²) in [5.41, 5.74) is 0.703. The zero-order valence-corrected chi connectivity index (χ0v) is 26.7. The van der Waals surface area contributed by atoms with E-state index in [0.717, 1.165) is 5.56 Å². The van der Waals surface area contributed by atoms with Gasteiger partial charge in [-0.3, -0.25) is 14.5 Å². The van der Waals surface area contributed by atoms with Gasteiger partial charge in [0, 0.05) is 32.1 Å². The van der Waals surface area contributed by atoms with E-state index in [-0.39, 0.29) is 30.2 Å². The van der Waals surface area contributed by atoms with Crippen LogP contribution in [0.5, 0.6) is 0 Å². The lowest BCUT2D eigenvalue weighted by molar-refractivity contribution is -0.138. The molecule has 3 aromatic rings. The normalized spacial score (nSPS) is 19.5. The molecule has 1 aromatic heterocycles. The number of hydrogen-bond acceptors (Lipinski definition) is 10. The van der Waals surface area contributed by atoms with Gasteiger partial charge in [0.1, 0.15) is 24.2 Å². The number of aryl methyl sites for hydroxylation is 2. The number of benzene rings is 2. The van der Waals surface area contributed by atoms with E-state index in [9.17, 15) is 27.9 Å².